The SMILES string of the molecule is C=CCOC(=O)N(CC)CCCC1CN(C(=O)O[C@@H]2CC[C@]3(CO3)C([C@@]3(C)O[C@@H]3CC=C(C)C)[C@@H]2OC)C1. The molecule has 38 heavy (non-hydrogen) atoms. The Labute approximate surface area is 227 Å². The lowest BCUT2D eigenvalue weighted by Gasteiger charge is -2.44. The predicted molar refractivity (Wildman–Crippen MR) is 143 cm³/mol. The zero-order valence-electron chi connectivity index (χ0n) is 23.8. The third kappa shape index (κ3) is 6.20. The first-order chi connectivity index (χ1) is 18.2. The first-order valence-corrected chi connectivity index (χ1v) is 14.1. The van der Waals surface area contributed by atoms with Gasteiger partial charge < -0.3 is 33.5 Å². The number of carbonyl (C=O) groups is 2. The van der Waals surface area contributed by atoms with Crippen LogP contribution in [0.25, 0.3) is 0 Å². The number of nitrogens with zero attached hydrogens (tertiary/aromatic N) is 2. The van der Waals surface area contributed by atoms with Crippen molar-refractivity contribution >= 4 is 12.2 Å². The van der Waals surface area contributed by atoms with Gasteiger partial charge in [0.25, 0.3) is 0 Å². The van der Waals surface area contributed by atoms with Crippen LogP contribution in [0, 0.1) is 11.8 Å². The molecule has 2 amide bonds. The molecule has 3 aliphatic heterocycles. The Kier molecular flexibility index (Phi) is 9.10. The van der Waals surface area contributed by atoms with E-state index in [2.05, 4.69) is 33.4 Å². The summed E-state index contributed by atoms with van der Waals surface area (Å²) in [6, 6.07) is 0. The summed E-state index contributed by atoms with van der Waals surface area (Å²) in [5, 5.41) is 0. The van der Waals surface area contributed by atoms with Crippen LogP contribution in [0.1, 0.15) is 59.8 Å². The van der Waals surface area contributed by atoms with Crippen LogP contribution < -0.4 is 0 Å². The van der Waals surface area contributed by atoms with E-state index in [1.807, 2.05) is 6.92 Å². The summed E-state index contributed by atoms with van der Waals surface area (Å²) >= 11 is 0. The lowest BCUT2D eigenvalue weighted by atomic mass is 9.68. The van der Waals surface area contributed by atoms with Gasteiger partial charge in [-0.2, -0.15) is 0 Å². The quantitative estimate of drug-likeness (QED) is 0.268. The van der Waals surface area contributed by atoms with Crippen molar-refractivity contribution in [2.24, 2.45) is 11.8 Å². The third-order valence-corrected chi connectivity index (χ3v) is 8.71. The molecule has 3 saturated heterocycles. The van der Waals surface area contributed by atoms with Gasteiger partial charge in [0.2, 0.25) is 0 Å². The fraction of sp³-hybridized carbons (Fsp3) is 0.793. The molecule has 9 heteroatoms. The molecule has 214 valence electrons. The van der Waals surface area contributed by atoms with Crippen molar-refractivity contribution < 1.29 is 33.3 Å². The molecule has 4 aliphatic rings. The summed E-state index contributed by atoms with van der Waals surface area (Å²) in [5.41, 5.74) is 0.700. The number of methoxy groups -OCH3 is 1. The van der Waals surface area contributed by atoms with Crippen molar-refractivity contribution in [1.82, 2.24) is 9.80 Å². The van der Waals surface area contributed by atoms with Crippen LogP contribution in [0.2, 0.25) is 0 Å². The first-order valence-electron chi connectivity index (χ1n) is 14.1. The van der Waals surface area contributed by atoms with Gasteiger partial charge in [-0.3, -0.25) is 0 Å². The van der Waals surface area contributed by atoms with E-state index >= 15 is 0 Å². The Balaban J connectivity index is 1.24. The monoisotopic (exact) mass is 534 g/mol. The average molecular weight is 535 g/mol. The standard InChI is InChI=1S/C29H46N2O7/c1-7-16-35-26(32)30(8-2)15-9-10-21-17-31(18-21)27(33)37-22-13-14-29(19-36-29)25(24(22)34-6)28(5)23(38-28)12-11-20(3)4/h7,11,21-25H,1,8-10,12-19H2,2-6H3/t22-,23-,24-,25?,28+,29+/m1/s1. The molecule has 0 aromatic rings. The van der Waals surface area contributed by atoms with Crippen LogP contribution in [0.15, 0.2) is 24.3 Å². The molecule has 6 atom stereocenters. The van der Waals surface area contributed by atoms with E-state index in [1.165, 1.54) is 5.57 Å². The summed E-state index contributed by atoms with van der Waals surface area (Å²) in [7, 11) is 1.70. The molecule has 1 unspecified atom stereocenters. The number of rotatable bonds is 12. The number of likely N-dealkylation sites (tertiary alicyclic amines) is 1. The summed E-state index contributed by atoms with van der Waals surface area (Å²) in [5.74, 6) is 0.437. The summed E-state index contributed by atoms with van der Waals surface area (Å²) in [6.45, 7) is 15.4. The van der Waals surface area contributed by atoms with Crippen molar-refractivity contribution in [3.8, 4) is 0 Å². The van der Waals surface area contributed by atoms with Gasteiger partial charge in [-0.25, -0.2) is 9.59 Å². The predicted octanol–water partition coefficient (Wildman–Crippen LogP) is 4.56. The minimum absolute atomic E-state index is 0.0194. The molecule has 0 radical (unpaired) electrons. The van der Waals surface area contributed by atoms with Crippen LogP contribution in [-0.2, 0) is 23.7 Å². The zero-order chi connectivity index (χ0) is 27.5. The zero-order valence-corrected chi connectivity index (χ0v) is 23.8. The molecule has 1 spiro atoms. The molecular formula is C29H46N2O7. The van der Waals surface area contributed by atoms with E-state index in [1.54, 1.807) is 23.0 Å². The fourth-order valence-electron chi connectivity index (χ4n) is 6.35. The molecular weight excluding hydrogens is 488 g/mol. The van der Waals surface area contributed by atoms with E-state index in [-0.39, 0.29) is 54.2 Å². The molecule has 9 nitrogen and oxygen atoms in total. The van der Waals surface area contributed by atoms with Gasteiger partial charge in [0.15, 0.2) is 0 Å². The van der Waals surface area contributed by atoms with Gasteiger partial charge in [0.1, 0.15) is 30.0 Å². The molecule has 4 rings (SSSR count). The molecule has 0 N–H and O–H groups in total. The van der Waals surface area contributed by atoms with Crippen LogP contribution in [0.4, 0.5) is 9.59 Å². The molecule has 3 heterocycles. The van der Waals surface area contributed by atoms with Crippen molar-refractivity contribution in [2.45, 2.75) is 89.3 Å². The fourth-order valence-corrected chi connectivity index (χ4v) is 6.35. The number of ether oxygens (including phenoxy) is 5. The maximum absolute atomic E-state index is 13.0. The van der Waals surface area contributed by atoms with Crippen molar-refractivity contribution in [3.05, 3.63) is 24.3 Å². The van der Waals surface area contributed by atoms with Crippen LogP contribution in [0.5, 0.6) is 0 Å². The second kappa shape index (κ2) is 12.0. The molecule has 0 aromatic carbocycles. The second-order valence-corrected chi connectivity index (χ2v) is 11.7. The molecule has 4 fully saturated rings. The van der Waals surface area contributed by atoms with E-state index < -0.39 is 0 Å². The number of hydrogen-bond donors (Lipinski definition) is 0. The van der Waals surface area contributed by atoms with Crippen molar-refractivity contribution in [2.75, 3.05) is 46.5 Å². The molecule has 1 aliphatic carbocycles. The largest absolute Gasteiger partial charge is 0.445 e. The lowest BCUT2D eigenvalue weighted by Crippen LogP contribution is -2.57. The van der Waals surface area contributed by atoms with Gasteiger partial charge in [0.05, 0.1) is 18.6 Å². The van der Waals surface area contributed by atoms with Gasteiger partial charge in [0, 0.05) is 33.3 Å². The molecule has 0 aromatic heterocycles. The highest BCUT2D eigenvalue weighted by Gasteiger charge is 2.72. The normalized spacial score (nSPS) is 33.8. The second-order valence-electron chi connectivity index (χ2n) is 11.7. The Bertz CT molecular complexity index is 893. The Morgan fingerprint density at radius 3 is 2.61 bits per heavy atom. The number of epoxide rings is 2. The van der Waals surface area contributed by atoms with Crippen molar-refractivity contribution in [1.29, 1.82) is 0 Å². The van der Waals surface area contributed by atoms with Gasteiger partial charge >= 0.3 is 12.2 Å². The summed E-state index contributed by atoms with van der Waals surface area (Å²) in [4.78, 5) is 28.5. The average Bonchev–Trinajstić information content (AvgIpc) is 3.78. The molecule has 1 saturated carbocycles. The van der Waals surface area contributed by atoms with Gasteiger partial charge in [-0.1, -0.05) is 24.3 Å². The molecule has 0 bridgehead atoms. The highest BCUT2D eigenvalue weighted by atomic mass is 16.6. The minimum atomic E-state index is -0.347. The van der Waals surface area contributed by atoms with Gasteiger partial charge in [-0.05, 0) is 65.7 Å². The lowest BCUT2D eigenvalue weighted by molar-refractivity contribution is -0.124. The Morgan fingerprint density at radius 2 is 2.00 bits per heavy atom. The maximum atomic E-state index is 13.0. The van der Waals surface area contributed by atoms with E-state index in [4.69, 9.17) is 23.7 Å². The minimum Gasteiger partial charge on any atom is -0.445 e. The van der Waals surface area contributed by atoms with E-state index in [9.17, 15) is 9.59 Å². The smallest absolute Gasteiger partial charge is 0.410 e. The number of amides is 2. The van der Waals surface area contributed by atoms with E-state index in [0.717, 1.165) is 32.1 Å². The van der Waals surface area contributed by atoms with Crippen LogP contribution in [0.3, 0.4) is 0 Å². The maximum Gasteiger partial charge on any atom is 0.410 e. The van der Waals surface area contributed by atoms with Crippen LogP contribution in [-0.4, -0.2) is 98.0 Å². The van der Waals surface area contributed by atoms with Crippen LogP contribution >= 0.6 is 0 Å². The Morgan fingerprint density at radius 1 is 1.26 bits per heavy atom. The third-order valence-electron chi connectivity index (χ3n) is 8.71. The summed E-state index contributed by atoms with van der Waals surface area (Å²) in [6.07, 6.45) is 6.99. The van der Waals surface area contributed by atoms with Gasteiger partial charge in [-0.15, -0.1) is 0 Å². The van der Waals surface area contributed by atoms with E-state index in [0.29, 0.717) is 38.7 Å². The number of allylic oxidation sites excluding steroid dienone is 1. The topological polar surface area (TPSA) is 93.4 Å². The van der Waals surface area contributed by atoms with Crippen molar-refractivity contribution in [3.63, 3.8) is 0 Å². The highest BCUT2D eigenvalue weighted by Crippen LogP contribution is 2.59. The number of hydrogen-bond acceptors (Lipinski definition) is 7. The summed E-state index contributed by atoms with van der Waals surface area (Å²) < 4.78 is 29.4. The first kappa shape index (κ1) is 28.9. The highest BCUT2D eigenvalue weighted by molar-refractivity contribution is 5.69. The number of carbonyl (C=O) groups excluding carboxylic acids is 2. The Hall–Kier alpha value is -2.10.